The van der Waals surface area contributed by atoms with Gasteiger partial charge in [-0.2, -0.15) is 0 Å². The van der Waals surface area contributed by atoms with E-state index in [4.69, 9.17) is 9.47 Å². The molecular weight excluding hydrogens is 402 g/mol. The van der Waals surface area contributed by atoms with E-state index in [2.05, 4.69) is 36.6 Å². The number of ether oxygens (including phenoxy) is 2. The van der Waals surface area contributed by atoms with E-state index in [0.29, 0.717) is 11.8 Å². The minimum atomic E-state index is -0.873. The van der Waals surface area contributed by atoms with Gasteiger partial charge in [-0.25, -0.2) is 0 Å². The van der Waals surface area contributed by atoms with Crippen LogP contribution < -0.4 is 4.74 Å². The third-order valence-corrected chi connectivity index (χ3v) is 9.79. The van der Waals surface area contributed by atoms with Gasteiger partial charge < -0.3 is 19.7 Å². The van der Waals surface area contributed by atoms with Gasteiger partial charge in [-0.3, -0.25) is 4.90 Å². The number of rotatable bonds is 6. The number of hydrogen-bond donors (Lipinski definition) is 2. The van der Waals surface area contributed by atoms with Crippen LogP contribution in [0.4, 0.5) is 0 Å². The van der Waals surface area contributed by atoms with Gasteiger partial charge in [0.1, 0.15) is 11.7 Å². The van der Waals surface area contributed by atoms with E-state index in [1.807, 2.05) is 13.0 Å². The predicted molar refractivity (Wildman–Crippen MR) is 123 cm³/mol. The van der Waals surface area contributed by atoms with Gasteiger partial charge in [0.15, 0.2) is 11.5 Å². The largest absolute Gasteiger partial charge is 0.504 e. The minimum absolute atomic E-state index is 0.0905. The number of aliphatic hydroxyl groups is 1. The maximum Gasteiger partial charge on any atom is 0.165 e. The molecule has 1 saturated heterocycles. The Balaban J connectivity index is 1.64. The molecule has 1 aromatic rings. The Hall–Kier alpha value is -1.82. The van der Waals surface area contributed by atoms with Crippen LogP contribution in [0.1, 0.15) is 50.7 Å². The zero-order valence-electron chi connectivity index (χ0n) is 19.4. The number of fused-ring (bicyclic) bond motifs is 1. The summed E-state index contributed by atoms with van der Waals surface area (Å²) >= 11 is 0. The van der Waals surface area contributed by atoms with E-state index in [-0.39, 0.29) is 28.6 Å². The summed E-state index contributed by atoms with van der Waals surface area (Å²) < 4.78 is 13.1. The van der Waals surface area contributed by atoms with Gasteiger partial charge in [0.25, 0.3) is 0 Å². The average molecular weight is 438 g/mol. The van der Waals surface area contributed by atoms with Gasteiger partial charge in [0.2, 0.25) is 0 Å². The lowest BCUT2D eigenvalue weighted by Gasteiger charge is -2.72. The number of piperidine rings is 1. The van der Waals surface area contributed by atoms with Crippen LogP contribution in [0, 0.1) is 11.3 Å². The molecule has 7 rings (SSSR count). The molecule has 2 N–H and O–H groups in total. The second kappa shape index (κ2) is 6.40. The van der Waals surface area contributed by atoms with E-state index < -0.39 is 11.2 Å². The lowest BCUT2D eigenvalue weighted by molar-refractivity contribution is -0.248. The molecule has 1 aromatic carbocycles. The molecule has 2 aliphatic heterocycles. The number of phenols is 1. The lowest BCUT2D eigenvalue weighted by Crippen LogP contribution is -2.80. The average Bonchev–Trinajstić information content (AvgIpc) is 3.14. The third-order valence-electron chi connectivity index (χ3n) is 9.79. The van der Waals surface area contributed by atoms with Crippen LogP contribution in [0.3, 0.4) is 0 Å². The van der Waals surface area contributed by atoms with Crippen molar-refractivity contribution in [1.29, 1.82) is 0 Å². The smallest absolute Gasteiger partial charge is 0.165 e. The zero-order valence-corrected chi connectivity index (χ0v) is 19.4. The first-order valence-corrected chi connectivity index (χ1v) is 12.2. The van der Waals surface area contributed by atoms with Crippen molar-refractivity contribution in [2.24, 2.45) is 11.3 Å². The van der Waals surface area contributed by atoms with Crippen LogP contribution in [-0.2, 0) is 16.6 Å². The SMILES string of the molecule is C=CCN1CC[C@]23c4c5ccc(O)c4O[C@H]2[C@@]2(OC)C=C[C@@]3(CC2[C@@](C)(O)CCC)[C@H]1C5. The van der Waals surface area contributed by atoms with Crippen molar-refractivity contribution in [3.63, 3.8) is 0 Å². The maximum absolute atomic E-state index is 11.8. The fraction of sp³-hybridized carbons (Fsp3) is 0.630. The molecule has 4 bridgehead atoms. The van der Waals surface area contributed by atoms with Crippen molar-refractivity contribution in [2.75, 3.05) is 20.2 Å². The van der Waals surface area contributed by atoms with E-state index in [9.17, 15) is 10.2 Å². The molecule has 1 unspecified atom stereocenters. The standard InChI is InChI=1S/C27H35NO4/c1-5-9-24(3,30)19-16-25-10-11-27(19,31-4)23-26(25)12-14-28(13-6-2)20(25)15-17-7-8-18(29)22(32-23)21(17)26/h6-8,10-11,19-20,23,29-30H,2,5,9,12-16H2,1,3-4H3/t19?,20-,23-,24+,25-,26+,27-/m1/s1. The second-order valence-corrected chi connectivity index (χ2v) is 11.0. The van der Waals surface area contributed by atoms with Crippen molar-refractivity contribution in [1.82, 2.24) is 4.90 Å². The molecule has 2 heterocycles. The molecule has 5 heteroatoms. The number of nitrogens with zero attached hydrogens (tertiary/aromatic N) is 1. The van der Waals surface area contributed by atoms with Crippen molar-refractivity contribution >= 4 is 0 Å². The number of methoxy groups -OCH3 is 1. The predicted octanol–water partition coefficient (Wildman–Crippen LogP) is 3.72. The summed E-state index contributed by atoms with van der Waals surface area (Å²) in [6.07, 6.45) is 10.7. The highest BCUT2D eigenvalue weighted by molar-refractivity contribution is 5.65. The Kier molecular flexibility index (Phi) is 4.15. The summed E-state index contributed by atoms with van der Waals surface area (Å²) in [6, 6.07) is 4.18. The number of benzene rings is 1. The van der Waals surface area contributed by atoms with Crippen molar-refractivity contribution in [3.05, 3.63) is 48.1 Å². The monoisotopic (exact) mass is 437 g/mol. The van der Waals surface area contributed by atoms with Gasteiger partial charge in [-0.15, -0.1) is 6.58 Å². The first-order chi connectivity index (χ1) is 15.3. The molecule has 6 aliphatic rings. The van der Waals surface area contributed by atoms with Crippen LogP contribution in [0.5, 0.6) is 11.5 Å². The topological polar surface area (TPSA) is 62.2 Å². The number of phenolic OH excluding ortho intramolecular Hbond substituents is 1. The summed E-state index contributed by atoms with van der Waals surface area (Å²) in [5, 5.41) is 22.6. The van der Waals surface area contributed by atoms with Crippen LogP contribution in [-0.4, -0.2) is 58.7 Å². The summed E-state index contributed by atoms with van der Waals surface area (Å²) in [7, 11) is 1.76. The minimum Gasteiger partial charge on any atom is -0.504 e. The molecule has 172 valence electrons. The highest BCUT2D eigenvalue weighted by atomic mass is 16.6. The summed E-state index contributed by atoms with van der Waals surface area (Å²) in [4.78, 5) is 2.57. The molecule has 1 saturated carbocycles. The Morgan fingerprint density at radius 3 is 2.91 bits per heavy atom. The van der Waals surface area contributed by atoms with E-state index in [1.54, 1.807) is 13.2 Å². The van der Waals surface area contributed by atoms with E-state index in [0.717, 1.165) is 45.2 Å². The van der Waals surface area contributed by atoms with Gasteiger partial charge in [-0.1, -0.05) is 37.6 Å². The van der Waals surface area contributed by atoms with Crippen LogP contribution in [0.2, 0.25) is 0 Å². The highest BCUT2D eigenvalue weighted by Gasteiger charge is 2.80. The molecule has 0 aromatic heterocycles. The molecule has 4 aliphatic carbocycles. The Labute approximate surface area is 190 Å². The zero-order chi connectivity index (χ0) is 22.5. The number of likely N-dealkylation sites (tertiary alicyclic amines) is 1. The second-order valence-electron chi connectivity index (χ2n) is 11.0. The van der Waals surface area contributed by atoms with Gasteiger partial charge in [0, 0.05) is 36.6 Å². The van der Waals surface area contributed by atoms with E-state index >= 15 is 0 Å². The normalized spacial score (nSPS) is 42.3. The Morgan fingerprint density at radius 1 is 1.38 bits per heavy atom. The molecule has 2 spiro atoms. The van der Waals surface area contributed by atoms with Crippen LogP contribution >= 0.6 is 0 Å². The molecule has 0 radical (unpaired) electrons. The number of aromatic hydroxyl groups is 1. The Bertz CT molecular complexity index is 1020. The highest BCUT2D eigenvalue weighted by Crippen LogP contribution is 2.75. The fourth-order valence-corrected chi connectivity index (χ4v) is 8.70. The van der Waals surface area contributed by atoms with Crippen molar-refractivity contribution in [2.45, 2.75) is 74.7 Å². The van der Waals surface area contributed by atoms with Crippen molar-refractivity contribution < 1.29 is 19.7 Å². The molecule has 0 amide bonds. The first-order valence-electron chi connectivity index (χ1n) is 12.2. The van der Waals surface area contributed by atoms with Gasteiger partial charge >= 0.3 is 0 Å². The Morgan fingerprint density at radius 2 is 2.19 bits per heavy atom. The van der Waals surface area contributed by atoms with Crippen molar-refractivity contribution in [3.8, 4) is 11.5 Å². The number of hydrogen-bond acceptors (Lipinski definition) is 5. The molecule has 2 fully saturated rings. The van der Waals surface area contributed by atoms with Gasteiger partial charge in [-0.05, 0) is 50.8 Å². The molecular formula is C27H35NO4. The van der Waals surface area contributed by atoms with Gasteiger partial charge in [0.05, 0.1) is 11.0 Å². The summed E-state index contributed by atoms with van der Waals surface area (Å²) in [6.45, 7) is 9.95. The summed E-state index contributed by atoms with van der Waals surface area (Å²) in [5.74, 6) is 0.776. The summed E-state index contributed by atoms with van der Waals surface area (Å²) in [5.41, 5.74) is 0.465. The fourth-order valence-electron chi connectivity index (χ4n) is 8.70. The quantitative estimate of drug-likeness (QED) is 0.664. The lowest BCUT2D eigenvalue weighted by atomic mass is 9.36. The molecule has 7 atom stereocenters. The van der Waals surface area contributed by atoms with E-state index in [1.165, 1.54) is 11.1 Å². The van der Waals surface area contributed by atoms with Crippen LogP contribution in [0.25, 0.3) is 0 Å². The molecule has 5 nitrogen and oxygen atoms in total. The molecule has 32 heavy (non-hydrogen) atoms. The van der Waals surface area contributed by atoms with Crippen LogP contribution in [0.15, 0.2) is 36.9 Å². The third kappa shape index (κ3) is 2.07. The maximum atomic E-state index is 11.8. The first kappa shape index (κ1) is 20.8.